The first-order valence-corrected chi connectivity index (χ1v) is 8.71. The van der Waals surface area contributed by atoms with E-state index in [1.54, 1.807) is 0 Å². The van der Waals surface area contributed by atoms with Crippen LogP contribution in [0.5, 0.6) is 0 Å². The van der Waals surface area contributed by atoms with Gasteiger partial charge in [0.25, 0.3) is 0 Å². The standard InChI is InChI=1S/C10H10N3.Ra.H/c1-12-8-3-4-9-7(6-8)2-5-10(11)13-9;;/h2-6,12H,1H3,(H-,11,13);;/q-1;+1;. The van der Waals surface area contributed by atoms with Crippen molar-refractivity contribution in [1.29, 1.82) is 0 Å². The van der Waals surface area contributed by atoms with Crippen LogP contribution >= 0.6 is 0 Å². The zero-order chi connectivity index (χ0) is 9.97. The third-order valence-corrected chi connectivity index (χ3v) is 4.34. The van der Waals surface area contributed by atoms with Gasteiger partial charge in [0.2, 0.25) is 0 Å². The van der Waals surface area contributed by atoms with Gasteiger partial charge in [-0.25, -0.2) is 0 Å². The molecule has 0 aliphatic heterocycles. The predicted molar refractivity (Wildman–Crippen MR) is 56.3 cm³/mol. The predicted octanol–water partition coefficient (Wildman–Crippen LogP) is 1.88. The molecule has 0 bridgehead atoms. The first kappa shape index (κ1) is 10.2. The zero-order valence-electron chi connectivity index (χ0n) is 8.33. The summed E-state index contributed by atoms with van der Waals surface area (Å²) in [5.74, 6) is 1.000. The number of aromatic nitrogens is 1. The molecule has 0 fully saturated rings. The van der Waals surface area contributed by atoms with E-state index in [2.05, 4.69) is 23.3 Å². The van der Waals surface area contributed by atoms with Crippen LogP contribution in [-0.2, 0) is 0 Å². The van der Waals surface area contributed by atoms with Crippen molar-refractivity contribution in [3.63, 3.8) is 0 Å². The van der Waals surface area contributed by atoms with Gasteiger partial charge >= 0.3 is 114 Å². The molecule has 0 saturated carbocycles. The summed E-state index contributed by atoms with van der Waals surface area (Å²) in [7, 11) is 1.92. The van der Waals surface area contributed by atoms with Gasteiger partial charge in [-0.3, -0.25) is 0 Å². The van der Waals surface area contributed by atoms with Gasteiger partial charge in [0.05, 0.1) is 0 Å². The van der Waals surface area contributed by atoms with Crippen molar-refractivity contribution < 1.29 is 43.2 Å². The normalized spacial score (nSPS) is 10.0. The van der Waals surface area contributed by atoms with E-state index in [0.717, 1.165) is 17.0 Å². The summed E-state index contributed by atoms with van der Waals surface area (Å²) >= 11 is 0.310. The molecule has 14 heavy (non-hydrogen) atoms. The second-order valence-electron chi connectivity index (χ2n) is 3.10. The van der Waals surface area contributed by atoms with Gasteiger partial charge in [-0.15, -0.1) is 0 Å². The van der Waals surface area contributed by atoms with Crippen LogP contribution in [0.1, 0.15) is 0 Å². The molecule has 0 radical (unpaired) electrons. The Balaban J connectivity index is 2.57. The molecule has 1 aromatic carbocycles. The number of nitrogens with zero attached hydrogens (tertiary/aromatic N) is 1. The minimum absolute atomic E-state index is 0.310. The molecule has 3 nitrogen and oxygen atoms in total. The van der Waals surface area contributed by atoms with Crippen LogP contribution in [0, 0.1) is 43.2 Å². The second kappa shape index (κ2) is 4.48. The van der Waals surface area contributed by atoms with Crippen molar-refractivity contribution in [3.8, 4) is 0 Å². The van der Waals surface area contributed by atoms with Gasteiger partial charge in [-0.05, 0) is 0 Å². The van der Waals surface area contributed by atoms with E-state index >= 15 is 0 Å². The number of hydrogen-bond donors (Lipinski definition) is 2. The molecule has 2 N–H and O–H groups in total. The van der Waals surface area contributed by atoms with E-state index in [1.165, 1.54) is 5.39 Å². The van der Waals surface area contributed by atoms with Crippen molar-refractivity contribution in [3.05, 3.63) is 30.3 Å². The van der Waals surface area contributed by atoms with Crippen LogP contribution in [0.25, 0.3) is 10.9 Å². The molecule has 0 unspecified atom stereocenters. The maximum absolute atomic E-state index is 4.49. The number of anilines is 2. The number of nitrogens with one attached hydrogen (secondary N) is 2. The minimum atomic E-state index is 0.310. The molecule has 1 aromatic heterocycles. The van der Waals surface area contributed by atoms with Gasteiger partial charge in [-0.2, -0.15) is 0 Å². The molecule has 2 rings (SSSR count). The first-order valence-electron chi connectivity index (χ1n) is 4.60. The summed E-state index contributed by atoms with van der Waals surface area (Å²) in [6, 6.07) is 10.3. The molecule has 0 aliphatic carbocycles. The zero-order valence-corrected chi connectivity index (χ0v) is 16.6. The van der Waals surface area contributed by atoms with Crippen LogP contribution < -0.4 is 6.17 Å². The Hall–Kier alpha value is -0.302. The number of benzene rings is 1. The third-order valence-electron chi connectivity index (χ3n) is 2.23. The van der Waals surface area contributed by atoms with Crippen LogP contribution in [0.15, 0.2) is 30.3 Å². The quantitative estimate of drug-likeness (QED) is 0.810. The summed E-state index contributed by atoms with van der Waals surface area (Å²) in [4.78, 5) is 4.49. The Kier molecular flexibility index (Phi) is 3.27. The van der Waals surface area contributed by atoms with Gasteiger partial charge < -0.3 is 0 Å². The average molecular weight is 399 g/mol. The number of pyridine rings is 1. The number of rotatable bonds is 2. The molecule has 0 amide bonds. The van der Waals surface area contributed by atoms with Crippen molar-refractivity contribution in [1.82, 2.24) is 4.98 Å². The topological polar surface area (TPSA) is 37.0 Å². The Labute approximate surface area is 113 Å². The van der Waals surface area contributed by atoms with Crippen molar-refractivity contribution in [2.24, 2.45) is 0 Å². The van der Waals surface area contributed by atoms with Crippen LogP contribution in [0.4, 0.5) is 11.5 Å². The van der Waals surface area contributed by atoms with Crippen molar-refractivity contribution in [2.45, 2.75) is 0 Å². The summed E-state index contributed by atoms with van der Waals surface area (Å²) in [5, 5.41) is 4.29. The van der Waals surface area contributed by atoms with Crippen LogP contribution in [0.3, 0.4) is 0 Å². The monoisotopic (exact) mass is 399 g/mol. The summed E-state index contributed by atoms with van der Waals surface area (Å²) in [5.41, 5.74) is 2.17. The van der Waals surface area contributed by atoms with E-state index < -0.39 is 0 Å². The maximum atomic E-state index is 4.49. The van der Waals surface area contributed by atoms with Gasteiger partial charge in [-0.1, -0.05) is 0 Å². The van der Waals surface area contributed by atoms with Gasteiger partial charge in [0.1, 0.15) is 0 Å². The summed E-state index contributed by atoms with van der Waals surface area (Å²) < 4.78 is 3.25. The van der Waals surface area contributed by atoms with E-state index in [1.807, 2.05) is 25.2 Å². The third kappa shape index (κ3) is 2.03. The van der Waals surface area contributed by atoms with E-state index in [0.29, 0.717) is 43.2 Å². The van der Waals surface area contributed by atoms with Gasteiger partial charge in [0.15, 0.2) is 0 Å². The Morgan fingerprint density at radius 3 is 2.79 bits per heavy atom. The fourth-order valence-corrected chi connectivity index (χ4v) is 2.56. The molecular weight excluding hydrogens is 388 g/mol. The molecule has 0 spiro atoms. The fraction of sp³-hybridized carbons (Fsp3) is 0.100. The van der Waals surface area contributed by atoms with E-state index in [-0.39, 0.29) is 0 Å². The SMILES string of the molecule is CNc1ccc2nc([NH][RaH])ccc2c1. The van der Waals surface area contributed by atoms with Crippen LogP contribution in [0.2, 0.25) is 0 Å². The van der Waals surface area contributed by atoms with E-state index in [9.17, 15) is 0 Å². The molecule has 0 atom stereocenters. The second-order valence-corrected chi connectivity index (χ2v) is 5.16. The first-order chi connectivity index (χ1) is 6.83. The van der Waals surface area contributed by atoms with Gasteiger partial charge in [0, 0.05) is 0 Å². The fourth-order valence-electron chi connectivity index (χ4n) is 1.42. The molecule has 68 valence electrons. The molecule has 0 saturated heterocycles. The Morgan fingerprint density at radius 2 is 2.07 bits per heavy atom. The van der Waals surface area contributed by atoms with Crippen molar-refractivity contribution >= 4 is 22.4 Å². The number of hydrogen-bond acceptors (Lipinski definition) is 3. The molecule has 4 heteroatoms. The Bertz CT molecular complexity index is 413. The number of fused-ring (bicyclic) bond motifs is 1. The molecule has 2 aromatic rings. The Morgan fingerprint density at radius 1 is 1.21 bits per heavy atom. The summed E-state index contributed by atoms with van der Waals surface area (Å²) in [6.45, 7) is 0. The molecule has 0 aliphatic rings. The van der Waals surface area contributed by atoms with Crippen molar-refractivity contribution in [2.75, 3.05) is 13.2 Å². The summed E-state index contributed by atoms with van der Waals surface area (Å²) in [6.07, 6.45) is 0. The van der Waals surface area contributed by atoms with E-state index in [4.69, 9.17) is 0 Å². The molecular formula is C10H11N3Ra. The molecule has 1 heterocycles. The average Bonchev–Trinajstić information content (AvgIpc) is 2.27. The van der Waals surface area contributed by atoms with Crippen LogP contribution in [-0.4, -0.2) is 12.0 Å².